The van der Waals surface area contributed by atoms with E-state index in [0.29, 0.717) is 0 Å². The van der Waals surface area contributed by atoms with Gasteiger partial charge in [0.15, 0.2) is 0 Å². The monoisotopic (exact) mass is 333 g/mol. The molecule has 0 heterocycles. The van der Waals surface area contributed by atoms with Gasteiger partial charge in [-0.05, 0) is 42.8 Å². The maximum absolute atomic E-state index is 13.9. The second-order valence-corrected chi connectivity index (χ2v) is 5.88. The van der Waals surface area contributed by atoms with E-state index in [-0.39, 0.29) is 10.0 Å². The largest absolute Gasteiger partial charge is 0.444 e. The molecule has 0 fully saturated rings. The minimum absolute atomic E-state index is 0.197. The molecule has 1 atom stereocenters. The van der Waals surface area contributed by atoms with E-state index in [4.69, 9.17) is 4.74 Å². The molecule has 0 aliphatic rings. The molecule has 0 saturated heterocycles. The highest BCUT2D eigenvalue weighted by molar-refractivity contribution is 9.10. The van der Waals surface area contributed by atoms with Crippen LogP contribution in [-0.2, 0) is 4.74 Å². The van der Waals surface area contributed by atoms with Crippen LogP contribution in [0.15, 0.2) is 22.7 Å². The standard InChI is InChI=1S/C13H17BrFNO3/c1-13(2,3)19-12(18)16-10(7-17)8-5-4-6-9(14)11(8)15/h4-6,10,17H,7H2,1-3H3,(H,16,18)/t10-/m1/s1. The zero-order chi connectivity index (χ0) is 14.6. The van der Waals surface area contributed by atoms with Crippen molar-refractivity contribution in [1.29, 1.82) is 0 Å². The van der Waals surface area contributed by atoms with Gasteiger partial charge in [-0.3, -0.25) is 0 Å². The van der Waals surface area contributed by atoms with Crippen LogP contribution < -0.4 is 5.32 Å². The maximum Gasteiger partial charge on any atom is 0.408 e. The summed E-state index contributed by atoms with van der Waals surface area (Å²) < 4.78 is 19.2. The number of halogens is 2. The number of hydrogen-bond donors (Lipinski definition) is 2. The predicted octanol–water partition coefficient (Wildman–Crippen LogP) is 3.15. The average molecular weight is 334 g/mol. The van der Waals surface area contributed by atoms with E-state index in [0.717, 1.165) is 0 Å². The smallest absolute Gasteiger partial charge is 0.408 e. The van der Waals surface area contributed by atoms with Gasteiger partial charge in [-0.2, -0.15) is 0 Å². The van der Waals surface area contributed by atoms with Gasteiger partial charge in [0.2, 0.25) is 0 Å². The van der Waals surface area contributed by atoms with E-state index < -0.39 is 30.2 Å². The second-order valence-electron chi connectivity index (χ2n) is 5.02. The van der Waals surface area contributed by atoms with Gasteiger partial charge in [-0.25, -0.2) is 9.18 Å². The van der Waals surface area contributed by atoms with E-state index in [1.807, 2.05) is 0 Å². The molecule has 1 aromatic rings. The lowest BCUT2D eigenvalue weighted by Gasteiger charge is -2.23. The van der Waals surface area contributed by atoms with E-state index in [2.05, 4.69) is 21.2 Å². The number of rotatable bonds is 3. The van der Waals surface area contributed by atoms with E-state index >= 15 is 0 Å². The molecule has 1 amide bonds. The fourth-order valence-corrected chi connectivity index (χ4v) is 1.84. The predicted molar refractivity (Wildman–Crippen MR) is 73.3 cm³/mol. The molecule has 19 heavy (non-hydrogen) atoms. The van der Waals surface area contributed by atoms with Crippen molar-refractivity contribution in [2.75, 3.05) is 6.61 Å². The molecule has 1 aromatic carbocycles. The minimum Gasteiger partial charge on any atom is -0.444 e. The summed E-state index contributed by atoms with van der Waals surface area (Å²) in [5.74, 6) is -0.516. The van der Waals surface area contributed by atoms with Gasteiger partial charge < -0.3 is 15.2 Å². The molecule has 4 nitrogen and oxygen atoms in total. The van der Waals surface area contributed by atoms with Crippen molar-refractivity contribution in [1.82, 2.24) is 5.32 Å². The quantitative estimate of drug-likeness (QED) is 0.893. The number of hydrogen-bond acceptors (Lipinski definition) is 3. The summed E-state index contributed by atoms with van der Waals surface area (Å²) in [5.41, 5.74) is -0.456. The molecule has 0 bridgehead atoms. The fourth-order valence-electron chi connectivity index (χ4n) is 1.46. The summed E-state index contributed by atoms with van der Waals surface area (Å²) >= 11 is 3.06. The van der Waals surface area contributed by atoms with Gasteiger partial charge >= 0.3 is 6.09 Å². The molecule has 0 saturated carbocycles. The zero-order valence-electron chi connectivity index (χ0n) is 11.0. The van der Waals surface area contributed by atoms with Crippen LogP contribution in [0, 0.1) is 5.82 Å². The van der Waals surface area contributed by atoms with Crippen LogP contribution in [0.25, 0.3) is 0 Å². The van der Waals surface area contributed by atoms with Crippen LogP contribution in [0.3, 0.4) is 0 Å². The highest BCUT2D eigenvalue weighted by Crippen LogP contribution is 2.24. The number of alkyl carbamates (subject to hydrolysis) is 1. The number of aliphatic hydroxyl groups is 1. The molecule has 0 radical (unpaired) electrons. The Morgan fingerprint density at radius 1 is 1.53 bits per heavy atom. The summed E-state index contributed by atoms with van der Waals surface area (Å²) in [4.78, 5) is 11.6. The third-order valence-corrected chi connectivity index (χ3v) is 2.84. The van der Waals surface area contributed by atoms with Crippen LogP contribution in [0.5, 0.6) is 0 Å². The van der Waals surface area contributed by atoms with Gasteiger partial charge in [0.25, 0.3) is 0 Å². The highest BCUT2D eigenvalue weighted by Gasteiger charge is 2.22. The SMILES string of the molecule is CC(C)(C)OC(=O)N[C@H](CO)c1cccc(Br)c1F. The number of benzene rings is 1. The number of carbonyl (C=O) groups excluding carboxylic acids is 1. The Labute approximate surface area is 120 Å². The topological polar surface area (TPSA) is 58.6 Å². The Bertz CT molecular complexity index is 460. The first kappa shape index (κ1) is 15.9. The molecule has 2 N–H and O–H groups in total. The zero-order valence-corrected chi connectivity index (χ0v) is 12.6. The number of carbonyl (C=O) groups is 1. The van der Waals surface area contributed by atoms with E-state index in [9.17, 15) is 14.3 Å². The van der Waals surface area contributed by atoms with Crippen molar-refractivity contribution in [3.63, 3.8) is 0 Å². The van der Waals surface area contributed by atoms with Gasteiger partial charge in [0.05, 0.1) is 17.1 Å². The van der Waals surface area contributed by atoms with Crippen molar-refractivity contribution in [2.45, 2.75) is 32.4 Å². The lowest BCUT2D eigenvalue weighted by Crippen LogP contribution is -2.36. The Morgan fingerprint density at radius 3 is 2.68 bits per heavy atom. The molecule has 0 aliphatic carbocycles. The van der Waals surface area contributed by atoms with Gasteiger partial charge in [0.1, 0.15) is 11.4 Å². The highest BCUT2D eigenvalue weighted by atomic mass is 79.9. The molecular formula is C13H17BrFNO3. The molecule has 1 rings (SSSR count). The minimum atomic E-state index is -0.854. The molecular weight excluding hydrogens is 317 g/mol. The molecule has 0 unspecified atom stereocenters. The number of amides is 1. The second kappa shape index (κ2) is 6.34. The first-order valence-electron chi connectivity index (χ1n) is 5.79. The Balaban J connectivity index is 2.84. The molecule has 6 heteroatoms. The van der Waals surface area contributed by atoms with Crippen molar-refractivity contribution in [2.24, 2.45) is 0 Å². The summed E-state index contributed by atoms with van der Waals surface area (Å²) in [7, 11) is 0. The summed E-state index contributed by atoms with van der Waals surface area (Å²) in [5, 5.41) is 11.7. The van der Waals surface area contributed by atoms with Crippen LogP contribution in [0.4, 0.5) is 9.18 Å². The Kier molecular flexibility index (Phi) is 5.31. The van der Waals surface area contributed by atoms with Crippen LogP contribution in [-0.4, -0.2) is 23.4 Å². The van der Waals surface area contributed by atoms with Crippen LogP contribution in [0.2, 0.25) is 0 Å². The lowest BCUT2D eigenvalue weighted by molar-refractivity contribution is 0.0480. The number of ether oxygens (including phenoxy) is 1. The summed E-state index contributed by atoms with van der Waals surface area (Å²) in [6.07, 6.45) is -0.703. The number of nitrogens with one attached hydrogen (secondary N) is 1. The lowest BCUT2D eigenvalue weighted by atomic mass is 10.1. The van der Waals surface area contributed by atoms with Gasteiger partial charge in [-0.15, -0.1) is 0 Å². The van der Waals surface area contributed by atoms with Crippen LogP contribution >= 0.6 is 15.9 Å². The van der Waals surface area contributed by atoms with E-state index in [1.54, 1.807) is 32.9 Å². The molecule has 0 spiro atoms. The van der Waals surface area contributed by atoms with Gasteiger partial charge in [-0.1, -0.05) is 12.1 Å². The number of aliphatic hydroxyl groups excluding tert-OH is 1. The van der Waals surface area contributed by atoms with Crippen LogP contribution in [0.1, 0.15) is 32.4 Å². The summed E-state index contributed by atoms with van der Waals surface area (Å²) in [6.45, 7) is 4.74. The fraction of sp³-hybridized carbons (Fsp3) is 0.462. The first-order chi connectivity index (χ1) is 8.74. The third kappa shape index (κ3) is 4.80. The molecule has 0 aromatic heterocycles. The average Bonchev–Trinajstić information content (AvgIpc) is 2.27. The van der Waals surface area contributed by atoms with E-state index in [1.165, 1.54) is 6.07 Å². The Morgan fingerprint density at radius 2 is 2.16 bits per heavy atom. The van der Waals surface area contributed by atoms with Crippen molar-refractivity contribution in [3.8, 4) is 0 Å². The van der Waals surface area contributed by atoms with Gasteiger partial charge in [0, 0.05) is 5.56 Å². The third-order valence-electron chi connectivity index (χ3n) is 2.23. The van der Waals surface area contributed by atoms with Crippen molar-refractivity contribution < 1.29 is 19.0 Å². The maximum atomic E-state index is 13.9. The Hall–Kier alpha value is -1.14. The van der Waals surface area contributed by atoms with Crippen molar-refractivity contribution in [3.05, 3.63) is 34.1 Å². The van der Waals surface area contributed by atoms with Crippen molar-refractivity contribution >= 4 is 22.0 Å². The normalized spacial score (nSPS) is 12.9. The summed E-state index contributed by atoms with van der Waals surface area (Å²) in [6, 6.07) is 3.81. The first-order valence-corrected chi connectivity index (χ1v) is 6.58. The molecule has 106 valence electrons. The molecule has 0 aliphatic heterocycles.